The van der Waals surface area contributed by atoms with E-state index >= 15 is 0 Å². The Bertz CT molecular complexity index is 829. The highest BCUT2D eigenvalue weighted by Gasteiger charge is 2.22. The van der Waals surface area contributed by atoms with E-state index in [4.69, 9.17) is 4.74 Å². The fourth-order valence-electron chi connectivity index (χ4n) is 2.39. The largest absolute Gasteiger partial charge is 0.507 e. The molecule has 3 N–H and O–H groups in total. The number of carbonyl (C=O) groups is 2. The third-order valence-electron chi connectivity index (χ3n) is 3.61. The molecular weight excluding hydrogens is 358 g/mol. The minimum Gasteiger partial charge on any atom is -0.507 e. The first-order valence-corrected chi connectivity index (χ1v) is 8.89. The topological polar surface area (TPSA) is 100 Å². The van der Waals surface area contributed by atoms with Crippen LogP contribution in [0.5, 0.6) is 5.75 Å². The number of nitrogens with one attached hydrogen (secondary N) is 2. The second-order valence-electron chi connectivity index (χ2n) is 7.17. The minimum atomic E-state index is -0.643. The Morgan fingerprint density at radius 3 is 2.39 bits per heavy atom. The number of ether oxygens (including phenoxy) is 1. The molecule has 0 radical (unpaired) electrons. The van der Waals surface area contributed by atoms with Gasteiger partial charge in [-0.1, -0.05) is 42.5 Å². The number of para-hydroxylation sites is 1. The molecular formula is C21H25N3O4. The van der Waals surface area contributed by atoms with Gasteiger partial charge in [0, 0.05) is 5.56 Å². The van der Waals surface area contributed by atoms with E-state index in [2.05, 4.69) is 15.8 Å². The summed E-state index contributed by atoms with van der Waals surface area (Å²) < 4.78 is 5.28. The van der Waals surface area contributed by atoms with Crippen molar-refractivity contribution < 1.29 is 19.4 Å². The molecule has 28 heavy (non-hydrogen) atoms. The van der Waals surface area contributed by atoms with Gasteiger partial charge in [0.15, 0.2) is 0 Å². The lowest BCUT2D eigenvalue weighted by molar-refractivity contribution is -0.121. The molecule has 2 rings (SSSR count). The molecule has 0 heterocycles. The number of hydrogen-bond acceptors (Lipinski definition) is 5. The van der Waals surface area contributed by atoms with Gasteiger partial charge in [0.05, 0.1) is 18.7 Å². The van der Waals surface area contributed by atoms with Crippen LogP contribution in [0.3, 0.4) is 0 Å². The van der Waals surface area contributed by atoms with Crippen molar-refractivity contribution in [1.82, 2.24) is 10.7 Å². The quantitative estimate of drug-likeness (QED) is 0.525. The number of nitrogens with zero attached hydrogens (tertiary/aromatic N) is 1. The van der Waals surface area contributed by atoms with Crippen molar-refractivity contribution in [2.75, 3.05) is 0 Å². The number of aromatic hydroxyl groups is 1. The van der Waals surface area contributed by atoms with Gasteiger partial charge in [-0.05, 0) is 38.5 Å². The van der Waals surface area contributed by atoms with E-state index in [1.54, 1.807) is 39.0 Å². The number of benzene rings is 2. The number of alkyl carbamates (subject to hydrolysis) is 1. The molecule has 2 amide bonds. The molecule has 0 aliphatic heterocycles. The lowest BCUT2D eigenvalue weighted by atomic mass is 10.0. The summed E-state index contributed by atoms with van der Waals surface area (Å²) in [7, 11) is 0. The summed E-state index contributed by atoms with van der Waals surface area (Å²) in [4.78, 5) is 24.4. The lowest BCUT2D eigenvalue weighted by Crippen LogP contribution is -2.36. The number of phenols is 1. The van der Waals surface area contributed by atoms with Crippen molar-refractivity contribution in [2.24, 2.45) is 5.10 Å². The SMILES string of the molecule is CC(C)(C)OC(=O)N[C@@H](CC(=O)N/N=C/c1ccccc1O)c1ccccc1. The molecule has 1 atom stereocenters. The molecule has 0 bridgehead atoms. The van der Waals surface area contributed by atoms with Gasteiger partial charge in [-0.2, -0.15) is 5.10 Å². The van der Waals surface area contributed by atoms with E-state index in [1.165, 1.54) is 12.3 Å². The van der Waals surface area contributed by atoms with Crippen LogP contribution in [0.2, 0.25) is 0 Å². The molecule has 2 aromatic carbocycles. The van der Waals surface area contributed by atoms with Gasteiger partial charge < -0.3 is 15.2 Å². The maximum Gasteiger partial charge on any atom is 0.408 e. The van der Waals surface area contributed by atoms with Crippen molar-refractivity contribution in [3.05, 3.63) is 65.7 Å². The summed E-state index contributed by atoms with van der Waals surface area (Å²) >= 11 is 0. The zero-order chi connectivity index (χ0) is 20.6. The van der Waals surface area contributed by atoms with Gasteiger partial charge in [0.2, 0.25) is 5.91 Å². The predicted octanol–water partition coefficient (Wildman–Crippen LogP) is 3.50. The standard InChI is InChI=1S/C21H25N3O4/c1-21(2,3)28-20(27)23-17(15-9-5-4-6-10-15)13-19(26)24-22-14-16-11-7-8-12-18(16)25/h4-12,14,17,25H,13H2,1-3H3,(H,23,27)(H,24,26)/b22-14+/t17-/m0/s1. The smallest absolute Gasteiger partial charge is 0.408 e. The van der Waals surface area contributed by atoms with Crippen LogP contribution < -0.4 is 10.7 Å². The molecule has 7 nitrogen and oxygen atoms in total. The van der Waals surface area contributed by atoms with E-state index < -0.39 is 23.6 Å². The molecule has 0 aliphatic rings. The Morgan fingerprint density at radius 1 is 1.11 bits per heavy atom. The lowest BCUT2D eigenvalue weighted by Gasteiger charge is -2.23. The highest BCUT2D eigenvalue weighted by atomic mass is 16.6. The number of phenolic OH excluding ortho intramolecular Hbond substituents is 1. The molecule has 0 unspecified atom stereocenters. The Labute approximate surface area is 164 Å². The predicted molar refractivity (Wildman–Crippen MR) is 107 cm³/mol. The third kappa shape index (κ3) is 7.11. The third-order valence-corrected chi connectivity index (χ3v) is 3.61. The van der Waals surface area contributed by atoms with E-state index in [0.717, 1.165) is 5.56 Å². The molecule has 0 aliphatic carbocycles. The molecule has 0 saturated carbocycles. The van der Waals surface area contributed by atoms with Gasteiger partial charge in [0.25, 0.3) is 0 Å². The average molecular weight is 383 g/mol. The summed E-state index contributed by atoms with van der Waals surface area (Å²) in [5, 5.41) is 16.3. The van der Waals surface area contributed by atoms with Crippen molar-refractivity contribution in [3.8, 4) is 5.75 Å². The first-order valence-electron chi connectivity index (χ1n) is 8.89. The first-order chi connectivity index (χ1) is 13.2. The minimum absolute atomic E-state index is 0.0264. The molecule has 0 aromatic heterocycles. The van der Waals surface area contributed by atoms with Crippen LogP contribution in [0, 0.1) is 0 Å². The maximum atomic E-state index is 12.3. The van der Waals surface area contributed by atoms with Crippen molar-refractivity contribution >= 4 is 18.2 Å². The fourth-order valence-corrected chi connectivity index (χ4v) is 2.39. The molecule has 0 fully saturated rings. The van der Waals surface area contributed by atoms with Gasteiger partial charge in [-0.3, -0.25) is 4.79 Å². The van der Waals surface area contributed by atoms with Crippen LogP contribution >= 0.6 is 0 Å². The summed E-state index contributed by atoms with van der Waals surface area (Å²) in [6, 6.07) is 15.2. The number of hydrazone groups is 1. The Hall–Kier alpha value is -3.35. The normalized spacial score (nSPS) is 12.4. The molecule has 0 saturated heterocycles. The maximum absolute atomic E-state index is 12.3. The number of rotatable bonds is 6. The summed E-state index contributed by atoms with van der Waals surface area (Å²) in [5.41, 5.74) is 3.02. The van der Waals surface area contributed by atoms with Gasteiger partial charge in [-0.15, -0.1) is 0 Å². The Morgan fingerprint density at radius 2 is 1.75 bits per heavy atom. The fraction of sp³-hybridized carbons (Fsp3) is 0.286. The van der Waals surface area contributed by atoms with Gasteiger partial charge >= 0.3 is 6.09 Å². The Balaban J connectivity index is 2.02. The molecule has 148 valence electrons. The monoisotopic (exact) mass is 383 g/mol. The van der Waals surface area contributed by atoms with Crippen LogP contribution in [0.15, 0.2) is 59.7 Å². The van der Waals surface area contributed by atoms with E-state index in [0.29, 0.717) is 5.56 Å². The summed E-state index contributed by atoms with van der Waals surface area (Å²) in [5.74, 6) is -0.328. The van der Waals surface area contributed by atoms with Gasteiger partial charge in [0.1, 0.15) is 11.4 Å². The van der Waals surface area contributed by atoms with Crippen LogP contribution in [-0.2, 0) is 9.53 Å². The molecule has 7 heteroatoms. The zero-order valence-corrected chi connectivity index (χ0v) is 16.2. The number of amides is 2. The second-order valence-corrected chi connectivity index (χ2v) is 7.17. The van der Waals surface area contributed by atoms with Crippen molar-refractivity contribution in [1.29, 1.82) is 0 Å². The van der Waals surface area contributed by atoms with Crippen LogP contribution in [-0.4, -0.2) is 28.9 Å². The van der Waals surface area contributed by atoms with E-state index in [9.17, 15) is 14.7 Å². The van der Waals surface area contributed by atoms with Crippen molar-refractivity contribution in [2.45, 2.75) is 38.8 Å². The number of hydrogen-bond donors (Lipinski definition) is 3. The average Bonchev–Trinajstić information content (AvgIpc) is 2.62. The highest BCUT2D eigenvalue weighted by molar-refractivity contribution is 5.85. The zero-order valence-electron chi connectivity index (χ0n) is 16.2. The molecule has 2 aromatic rings. The Kier molecular flexibility index (Phi) is 7.14. The van der Waals surface area contributed by atoms with Gasteiger partial charge in [-0.25, -0.2) is 10.2 Å². The van der Waals surface area contributed by atoms with Crippen LogP contribution in [0.25, 0.3) is 0 Å². The molecule has 0 spiro atoms. The number of carbonyl (C=O) groups excluding carboxylic acids is 2. The van der Waals surface area contributed by atoms with Crippen LogP contribution in [0.1, 0.15) is 44.4 Å². The highest BCUT2D eigenvalue weighted by Crippen LogP contribution is 2.18. The second kappa shape index (κ2) is 9.55. The van der Waals surface area contributed by atoms with E-state index in [1.807, 2.05) is 30.3 Å². The first kappa shape index (κ1) is 21.0. The van der Waals surface area contributed by atoms with E-state index in [-0.39, 0.29) is 12.2 Å². The van der Waals surface area contributed by atoms with Crippen molar-refractivity contribution in [3.63, 3.8) is 0 Å². The van der Waals surface area contributed by atoms with Crippen LogP contribution in [0.4, 0.5) is 4.79 Å². The summed E-state index contributed by atoms with van der Waals surface area (Å²) in [6.45, 7) is 5.31. The summed E-state index contributed by atoms with van der Waals surface area (Å²) in [6.07, 6.45) is 0.722.